The molecule has 0 saturated carbocycles. The van der Waals surface area contributed by atoms with Crippen LogP contribution in [-0.2, 0) is 13.6 Å². The number of ether oxygens (including phenoxy) is 1. The summed E-state index contributed by atoms with van der Waals surface area (Å²) in [7, 11) is 3.76. The van der Waals surface area contributed by atoms with Crippen LogP contribution in [0.1, 0.15) is 12.7 Å². The molecule has 0 bridgehead atoms. The van der Waals surface area contributed by atoms with Gasteiger partial charge in [-0.1, -0.05) is 18.2 Å². The zero-order valence-corrected chi connectivity index (χ0v) is 18.0. The van der Waals surface area contributed by atoms with Gasteiger partial charge in [0.15, 0.2) is 5.96 Å². The van der Waals surface area contributed by atoms with Gasteiger partial charge >= 0.3 is 0 Å². The van der Waals surface area contributed by atoms with Crippen molar-refractivity contribution in [2.45, 2.75) is 13.5 Å². The Balaban J connectivity index is 1.44. The third-order valence-electron chi connectivity index (χ3n) is 5.58. The molecule has 7 nitrogen and oxygen atoms in total. The highest BCUT2D eigenvalue weighted by Gasteiger charge is 2.20. The molecule has 0 amide bonds. The summed E-state index contributed by atoms with van der Waals surface area (Å²) in [6, 6.07) is 16.5. The second-order valence-electron chi connectivity index (χ2n) is 7.42. The average molecular weight is 407 g/mol. The van der Waals surface area contributed by atoms with Gasteiger partial charge in [-0.25, -0.2) is 9.98 Å². The molecule has 7 heteroatoms. The molecule has 2 heterocycles. The molecule has 1 aliphatic heterocycles. The number of hydrogen-bond acceptors (Lipinski definition) is 4. The van der Waals surface area contributed by atoms with Gasteiger partial charge in [-0.05, 0) is 31.2 Å². The van der Waals surface area contributed by atoms with Crippen LogP contribution in [0.3, 0.4) is 0 Å². The minimum Gasteiger partial charge on any atom is -0.497 e. The Morgan fingerprint density at radius 1 is 1.10 bits per heavy atom. The quantitative estimate of drug-likeness (QED) is 0.522. The van der Waals surface area contributed by atoms with Crippen molar-refractivity contribution in [3.05, 3.63) is 54.4 Å². The molecule has 0 spiro atoms. The minimum atomic E-state index is 0.559. The first-order valence-electron chi connectivity index (χ1n) is 10.5. The number of piperazine rings is 1. The third-order valence-corrected chi connectivity index (χ3v) is 5.58. The summed E-state index contributed by atoms with van der Waals surface area (Å²) in [5.41, 5.74) is 3.36. The van der Waals surface area contributed by atoms with Gasteiger partial charge in [-0.3, -0.25) is 0 Å². The number of hydrogen-bond donors (Lipinski definition) is 1. The first-order chi connectivity index (χ1) is 14.7. The molecule has 158 valence electrons. The molecule has 0 unspecified atom stereocenters. The fourth-order valence-corrected chi connectivity index (χ4v) is 3.89. The summed E-state index contributed by atoms with van der Waals surface area (Å²) in [6.07, 6.45) is 0. The number of anilines is 1. The number of aliphatic imine (C=N–C) groups is 1. The smallest absolute Gasteiger partial charge is 0.194 e. The molecule has 1 N–H and O–H groups in total. The summed E-state index contributed by atoms with van der Waals surface area (Å²) in [6.45, 7) is 7.25. The van der Waals surface area contributed by atoms with E-state index in [2.05, 4.69) is 51.9 Å². The van der Waals surface area contributed by atoms with E-state index in [9.17, 15) is 0 Å². The van der Waals surface area contributed by atoms with Gasteiger partial charge in [0, 0.05) is 51.5 Å². The summed E-state index contributed by atoms with van der Waals surface area (Å²) in [5, 5.41) is 3.45. The van der Waals surface area contributed by atoms with Crippen molar-refractivity contribution in [3.8, 4) is 5.75 Å². The summed E-state index contributed by atoms with van der Waals surface area (Å²) in [4.78, 5) is 14.4. The first-order valence-corrected chi connectivity index (χ1v) is 10.5. The molecule has 0 aliphatic carbocycles. The predicted octanol–water partition coefficient (Wildman–Crippen LogP) is 2.87. The van der Waals surface area contributed by atoms with Crippen LogP contribution in [-0.4, -0.2) is 60.2 Å². The fourth-order valence-electron chi connectivity index (χ4n) is 3.89. The van der Waals surface area contributed by atoms with Crippen LogP contribution < -0.4 is 15.0 Å². The lowest BCUT2D eigenvalue weighted by molar-refractivity contribution is 0.371. The fraction of sp³-hybridized carbons (Fsp3) is 0.391. The normalized spacial score (nSPS) is 15.0. The van der Waals surface area contributed by atoms with Gasteiger partial charge in [0.2, 0.25) is 0 Å². The van der Waals surface area contributed by atoms with E-state index < -0.39 is 0 Å². The van der Waals surface area contributed by atoms with Crippen molar-refractivity contribution in [2.24, 2.45) is 12.0 Å². The molecule has 0 radical (unpaired) electrons. The van der Waals surface area contributed by atoms with E-state index in [1.54, 1.807) is 7.11 Å². The third kappa shape index (κ3) is 4.20. The Kier molecular flexibility index (Phi) is 6.07. The number of benzene rings is 2. The first kappa shape index (κ1) is 20.1. The molecule has 1 aromatic heterocycles. The Morgan fingerprint density at radius 3 is 2.63 bits per heavy atom. The number of rotatable bonds is 5. The topological polar surface area (TPSA) is 57.9 Å². The van der Waals surface area contributed by atoms with E-state index >= 15 is 0 Å². The molecule has 1 saturated heterocycles. The molecule has 30 heavy (non-hydrogen) atoms. The number of imidazole rings is 1. The summed E-state index contributed by atoms with van der Waals surface area (Å²) >= 11 is 0. The van der Waals surface area contributed by atoms with Crippen LogP contribution in [0, 0.1) is 0 Å². The lowest BCUT2D eigenvalue weighted by Gasteiger charge is -2.37. The minimum absolute atomic E-state index is 0.559. The van der Waals surface area contributed by atoms with Crippen LogP contribution in [0.2, 0.25) is 0 Å². The van der Waals surface area contributed by atoms with Gasteiger partial charge in [0.25, 0.3) is 0 Å². The van der Waals surface area contributed by atoms with E-state index in [1.807, 2.05) is 30.3 Å². The van der Waals surface area contributed by atoms with Gasteiger partial charge in [0.1, 0.15) is 18.1 Å². The summed E-state index contributed by atoms with van der Waals surface area (Å²) < 4.78 is 7.50. The van der Waals surface area contributed by atoms with E-state index in [0.717, 1.165) is 61.3 Å². The lowest BCUT2D eigenvalue weighted by atomic mass is 10.2. The standard InChI is InChI=1S/C23H30N6O/c1-4-24-23(25-17-22-26-20-10-5-6-11-21(20)27(22)2)29-14-12-28(13-15-29)18-8-7-9-19(16-18)30-3/h5-11,16H,4,12-15,17H2,1-3H3,(H,24,25). The Morgan fingerprint density at radius 2 is 1.90 bits per heavy atom. The maximum absolute atomic E-state index is 5.37. The number of nitrogens with one attached hydrogen (secondary N) is 1. The molecule has 4 rings (SSSR count). The molecule has 3 aromatic rings. The number of aromatic nitrogens is 2. The number of fused-ring (bicyclic) bond motifs is 1. The van der Waals surface area contributed by atoms with Crippen LogP contribution in [0.4, 0.5) is 5.69 Å². The average Bonchev–Trinajstić information content (AvgIpc) is 3.12. The Hall–Kier alpha value is -3.22. The number of aryl methyl sites for hydroxylation is 1. The molecule has 1 fully saturated rings. The van der Waals surface area contributed by atoms with Gasteiger partial charge in [-0.15, -0.1) is 0 Å². The van der Waals surface area contributed by atoms with E-state index in [-0.39, 0.29) is 0 Å². The maximum Gasteiger partial charge on any atom is 0.194 e. The van der Waals surface area contributed by atoms with Crippen molar-refractivity contribution in [2.75, 3.05) is 44.7 Å². The van der Waals surface area contributed by atoms with E-state index in [4.69, 9.17) is 14.7 Å². The molecule has 1 aliphatic rings. The van der Waals surface area contributed by atoms with Crippen LogP contribution in [0.5, 0.6) is 5.75 Å². The monoisotopic (exact) mass is 406 g/mol. The van der Waals surface area contributed by atoms with Gasteiger partial charge < -0.3 is 24.4 Å². The largest absolute Gasteiger partial charge is 0.497 e. The number of nitrogens with zero attached hydrogens (tertiary/aromatic N) is 5. The van der Waals surface area contributed by atoms with Crippen LogP contribution in [0.25, 0.3) is 11.0 Å². The molecule has 2 aromatic carbocycles. The second kappa shape index (κ2) is 9.07. The lowest BCUT2D eigenvalue weighted by Crippen LogP contribution is -2.52. The zero-order chi connectivity index (χ0) is 20.9. The molecular weight excluding hydrogens is 376 g/mol. The van der Waals surface area contributed by atoms with E-state index in [1.165, 1.54) is 5.69 Å². The van der Waals surface area contributed by atoms with Crippen molar-refractivity contribution >= 4 is 22.7 Å². The highest BCUT2D eigenvalue weighted by Crippen LogP contribution is 2.22. The van der Waals surface area contributed by atoms with Crippen molar-refractivity contribution in [3.63, 3.8) is 0 Å². The summed E-state index contributed by atoms with van der Waals surface area (Å²) in [5.74, 6) is 2.82. The highest BCUT2D eigenvalue weighted by molar-refractivity contribution is 5.80. The highest BCUT2D eigenvalue weighted by atomic mass is 16.5. The SMILES string of the molecule is CCNC(=NCc1nc2ccccc2n1C)N1CCN(c2cccc(OC)c2)CC1. The van der Waals surface area contributed by atoms with Gasteiger partial charge in [-0.2, -0.15) is 0 Å². The van der Waals surface area contributed by atoms with Crippen molar-refractivity contribution < 1.29 is 4.74 Å². The molecular formula is C23H30N6O. The second-order valence-corrected chi connectivity index (χ2v) is 7.42. The predicted molar refractivity (Wildman–Crippen MR) is 122 cm³/mol. The maximum atomic E-state index is 5.37. The van der Waals surface area contributed by atoms with Gasteiger partial charge in [0.05, 0.1) is 18.1 Å². The van der Waals surface area contributed by atoms with Crippen LogP contribution >= 0.6 is 0 Å². The molecule has 0 atom stereocenters. The number of methoxy groups -OCH3 is 1. The zero-order valence-electron chi connectivity index (χ0n) is 18.0. The Labute approximate surface area is 178 Å². The van der Waals surface area contributed by atoms with E-state index in [0.29, 0.717) is 6.54 Å². The van der Waals surface area contributed by atoms with Crippen LogP contribution in [0.15, 0.2) is 53.5 Å². The van der Waals surface area contributed by atoms with Crippen molar-refractivity contribution in [1.82, 2.24) is 19.8 Å². The number of para-hydroxylation sites is 2. The number of guanidine groups is 1. The Bertz CT molecular complexity index is 1020. The van der Waals surface area contributed by atoms with Crippen molar-refractivity contribution in [1.29, 1.82) is 0 Å².